The van der Waals surface area contributed by atoms with Gasteiger partial charge in [0.05, 0.1) is 31.0 Å². The van der Waals surface area contributed by atoms with Crippen LogP contribution in [-0.4, -0.2) is 46.4 Å². The molecule has 1 aromatic heterocycles. The molecule has 1 aliphatic heterocycles. The Kier molecular flexibility index (Phi) is 6.10. The summed E-state index contributed by atoms with van der Waals surface area (Å²) in [7, 11) is 2.43. The number of carbonyl (C=O) groups excluding carboxylic acids is 3. The molecule has 1 aliphatic rings. The summed E-state index contributed by atoms with van der Waals surface area (Å²) in [6.45, 7) is 0.269. The maximum Gasteiger partial charge on any atom is 0.346 e. The summed E-state index contributed by atoms with van der Waals surface area (Å²) in [5.41, 5.74) is -0.0325. The summed E-state index contributed by atoms with van der Waals surface area (Å²) in [6, 6.07) is 4.07. The molecular weight excluding hydrogens is 380 g/mol. The van der Waals surface area contributed by atoms with E-state index in [2.05, 4.69) is 15.2 Å². The predicted molar refractivity (Wildman–Crippen MR) is 102 cm³/mol. The Morgan fingerprint density at radius 1 is 1.10 bits per heavy atom. The van der Waals surface area contributed by atoms with Crippen molar-refractivity contribution >= 4 is 23.5 Å². The third-order valence-corrected chi connectivity index (χ3v) is 4.69. The van der Waals surface area contributed by atoms with E-state index in [-0.39, 0.29) is 29.0 Å². The molecule has 0 saturated heterocycles. The zero-order valence-electron chi connectivity index (χ0n) is 16.3. The largest absolute Gasteiger partial charge is 0.465 e. The highest BCUT2D eigenvalue weighted by atomic mass is 16.5. The van der Waals surface area contributed by atoms with Crippen molar-refractivity contribution < 1.29 is 23.9 Å². The standard InChI is InChI=1S/C19H22N4O6/c1-28-17(25)12-7-8-13(18(26)29-2)14(10-12)20-16(24)11-23-19(27)22-9-5-3-4-6-15(22)21-23/h7-8,10H,3-6,9,11H2,1-2H3,(H,20,24). The highest BCUT2D eigenvalue weighted by Crippen LogP contribution is 2.20. The quantitative estimate of drug-likeness (QED) is 0.740. The number of rotatable bonds is 5. The molecule has 0 aliphatic carbocycles. The van der Waals surface area contributed by atoms with E-state index < -0.39 is 17.8 Å². The first-order chi connectivity index (χ1) is 13.9. The van der Waals surface area contributed by atoms with E-state index in [1.165, 1.54) is 32.4 Å². The molecule has 0 radical (unpaired) electrons. The zero-order chi connectivity index (χ0) is 21.0. The predicted octanol–water partition coefficient (Wildman–Crippen LogP) is 0.983. The Hall–Kier alpha value is -3.43. The number of hydrogen-bond acceptors (Lipinski definition) is 7. The third-order valence-electron chi connectivity index (χ3n) is 4.69. The number of anilines is 1. The molecule has 0 saturated carbocycles. The van der Waals surface area contributed by atoms with Crippen LogP contribution in [0.1, 0.15) is 45.8 Å². The monoisotopic (exact) mass is 402 g/mol. The zero-order valence-corrected chi connectivity index (χ0v) is 16.3. The summed E-state index contributed by atoms with van der Waals surface area (Å²) >= 11 is 0. The molecule has 154 valence electrons. The smallest absolute Gasteiger partial charge is 0.346 e. The fourth-order valence-electron chi connectivity index (χ4n) is 3.23. The van der Waals surface area contributed by atoms with E-state index in [4.69, 9.17) is 4.74 Å². The molecular formula is C19H22N4O6. The second kappa shape index (κ2) is 8.72. The topological polar surface area (TPSA) is 122 Å². The summed E-state index contributed by atoms with van der Waals surface area (Å²) in [4.78, 5) is 48.8. The average Bonchev–Trinajstić information content (AvgIpc) is 2.88. The number of ether oxygens (including phenoxy) is 2. The maximum absolute atomic E-state index is 12.5. The Bertz CT molecular complexity index is 1010. The van der Waals surface area contributed by atoms with Crippen molar-refractivity contribution in [2.24, 2.45) is 0 Å². The summed E-state index contributed by atoms with van der Waals surface area (Å²) in [5, 5.41) is 6.82. The molecule has 1 amide bonds. The Morgan fingerprint density at radius 2 is 1.86 bits per heavy atom. The number of aromatic nitrogens is 3. The van der Waals surface area contributed by atoms with E-state index in [0.717, 1.165) is 23.9 Å². The van der Waals surface area contributed by atoms with Crippen LogP contribution in [0.4, 0.5) is 5.69 Å². The lowest BCUT2D eigenvalue weighted by atomic mass is 10.1. The van der Waals surface area contributed by atoms with Crippen molar-refractivity contribution in [1.29, 1.82) is 0 Å². The van der Waals surface area contributed by atoms with Gasteiger partial charge in [0.1, 0.15) is 12.4 Å². The third kappa shape index (κ3) is 4.36. The van der Waals surface area contributed by atoms with Crippen LogP contribution >= 0.6 is 0 Å². The number of nitrogens with one attached hydrogen (secondary N) is 1. The van der Waals surface area contributed by atoms with Crippen molar-refractivity contribution in [2.45, 2.75) is 38.8 Å². The van der Waals surface area contributed by atoms with Gasteiger partial charge >= 0.3 is 17.6 Å². The van der Waals surface area contributed by atoms with Gasteiger partial charge in [0.2, 0.25) is 5.91 Å². The molecule has 2 heterocycles. The fraction of sp³-hybridized carbons (Fsp3) is 0.421. The summed E-state index contributed by atoms with van der Waals surface area (Å²) in [6.07, 6.45) is 3.58. The maximum atomic E-state index is 12.5. The number of benzene rings is 1. The van der Waals surface area contributed by atoms with Gasteiger partial charge in [-0.15, -0.1) is 0 Å². The lowest BCUT2D eigenvalue weighted by Gasteiger charge is -2.11. The number of aryl methyl sites for hydroxylation is 1. The SMILES string of the molecule is COC(=O)c1ccc(C(=O)OC)c(NC(=O)Cn2nc3n(c2=O)CCCCC3)c1. The first-order valence-corrected chi connectivity index (χ1v) is 9.21. The van der Waals surface area contributed by atoms with Crippen LogP contribution < -0.4 is 11.0 Å². The fourth-order valence-corrected chi connectivity index (χ4v) is 3.23. The van der Waals surface area contributed by atoms with Gasteiger partial charge in [0.25, 0.3) is 0 Å². The summed E-state index contributed by atoms with van der Waals surface area (Å²) in [5.74, 6) is -1.19. The van der Waals surface area contributed by atoms with Crippen molar-refractivity contribution in [1.82, 2.24) is 14.3 Å². The molecule has 0 bridgehead atoms. The van der Waals surface area contributed by atoms with Gasteiger partial charge in [-0.05, 0) is 31.0 Å². The number of amides is 1. The number of carbonyl (C=O) groups is 3. The van der Waals surface area contributed by atoms with Gasteiger partial charge in [0.15, 0.2) is 0 Å². The van der Waals surface area contributed by atoms with E-state index in [1.54, 1.807) is 4.57 Å². The van der Waals surface area contributed by atoms with E-state index in [9.17, 15) is 19.2 Å². The van der Waals surface area contributed by atoms with Gasteiger partial charge in [-0.1, -0.05) is 6.42 Å². The van der Waals surface area contributed by atoms with Crippen LogP contribution in [0.25, 0.3) is 0 Å². The number of esters is 2. The molecule has 0 spiro atoms. The Morgan fingerprint density at radius 3 is 2.59 bits per heavy atom. The minimum Gasteiger partial charge on any atom is -0.465 e. The molecule has 0 unspecified atom stereocenters. The minimum atomic E-state index is -0.678. The van der Waals surface area contributed by atoms with Gasteiger partial charge in [0, 0.05) is 13.0 Å². The van der Waals surface area contributed by atoms with Gasteiger partial charge in [-0.25, -0.2) is 19.1 Å². The first kappa shape index (κ1) is 20.3. The molecule has 2 aromatic rings. The van der Waals surface area contributed by atoms with Crippen LogP contribution in [0.3, 0.4) is 0 Å². The minimum absolute atomic E-state index is 0.0708. The number of methoxy groups -OCH3 is 2. The Labute approximate surface area is 166 Å². The Balaban J connectivity index is 1.84. The molecule has 1 N–H and O–H groups in total. The highest BCUT2D eigenvalue weighted by Gasteiger charge is 2.20. The average molecular weight is 402 g/mol. The van der Waals surface area contributed by atoms with Crippen LogP contribution in [-0.2, 0) is 33.8 Å². The molecule has 10 nitrogen and oxygen atoms in total. The van der Waals surface area contributed by atoms with Crippen molar-refractivity contribution in [3.63, 3.8) is 0 Å². The van der Waals surface area contributed by atoms with Crippen LogP contribution in [0.2, 0.25) is 0 Å². The van der Waals surface area contributed by atoms with Crippen LogP contribution in [0.5, 0.6) is 0 Å². The molecule has 10 heteroatoms. The summed E-state index contributed by atoms with van der Waals surface area (Å²) < 4.78 is 12.1. The molecule has 3 rings (SSSR count). The molecule has 0 fully saturated rings. The first-order valence-electron chi connectivity index (χ1n) is 9.21. The van der Waals surface area contributed by atoms with Crippen molar-refractivity contribution in [3.8, 4) is 0 Å². The lowest BCUT2D eigenvalue weighted by Crippen LogP contribution is -2.30. The van der Waals surface area contributed by atoms with E-state index >= 15 is 0 Å². The highest BCUT2D eigenvalue weighted by molar-refractivity contribution is 6.03. The molecule has 29 heavy (non-hydrogen) atoms. The second-order valence-corrected chi connectivity index (χ2v) is 6.61. The number of nitrogens with zero attached hydrogens (tertiary/aromatic N) is 3. The van der Waals surface area contributed by atoms with Gasteiger partial charge in [-0.3, -0.25) is 9.36 Å². The van der Waals surface area contributed by atoms with Gasteiger partial charge in [-0.2, -0.15) is 5.10 Å². The van der Waals surface area contributed by atoms with Crippen LogP contribution in [0.15, 0.2) is 23.0 Å². The number of fused-ring (bicyclic) bond motifs is 1. The second-order valence-electron chi connectivity index (χ2n) is 6.61. The molecule has 1 aromatic carbocycles. The van der Waals surface area contributed by atoms with E-state index in [1.807, 2.05) is 0 Å². The van der Waals surface area contributed by atoms with Crippen molar-refractivity contribution in [2.75, 3.05) is 19.5 Å². The number of hydrogen-bond donors (Lipinski definition) is 1. The normalized spacial score (nSPS) is 13.2. The van der Waals surface area contributed by atoms with Crippen molar-refractivity contribution in [3.05, 3.63) is 45.6 Å². The van der Waals surface area contributed by atoms with Crippen LogP contribution in [0, 0.1) is 0 Å². The lowest BCUT2D eigenvalue weighted by molar-refractivity contribution is -0.117. The van der Waals surface area contributed by atoms with E-state index in [0.29, 0.717) is 18.8 Å². The van der Waals surface area contributed by atoms with Gasteiger partial charge < -0.3 is 14.8 Å². The molecule has 0 atom stereocenters.